The molecule has 0 saturated heterocycles. The van der Waals surface area contributed by atoms with Crippen LogP contribution in [0, 0.1) is 0 Å². The summed E-state index contributed by atoms with van der Waals surface area (Å²) >= 11 is 24.6. The molecule has 0 atom stereocenters. The molecule has 2 aromatic heterocycles. The van der Waals surface area contributed by atoms with E-state index in [9.17, 15) is 4.79 Å². The third-order valence-corrected chi connectivity index (χ3v) is 6.25. The van der Waals surface area contributed by atoms with Crippen molar-refractivity contribution in [3.8, 4) is 11.3 Å². The quantitative estimate of drug-likeness (QED) is 0.228. The Bertz CT molecular complexity index is 1310. The summed E-state index contributed by atoms with van der Waals surface area (Å²) in [6.07, 6.45) is 2.88. The van der Waals surface area contributed by atoms with Crippen molar-refractivity contribution in [3.05, 3.63) is 75.4 Å². The van der Waals surface area contributed by atoms with Crippen LogP contribution in [0.2, 0.25) is 15.1 Å². The molecule has 5 nitrogen and oxygen atoms in total. The van der Waals surface area contributed by atoms with Crippen LogP contribution in [0.5, 0.6) is 0 Å². The number of fused-ring (bicyclic) bond motifs is 1. The van der Waals surface area contributed by atoms with Crippen molar-refractivity contribution in [3.63, 3.8) is 0 Å². The number of hydrogen-bond donors (Lipinski definition) is 2. The van der Waals surface area contributed by atoms with Crippen LogP contribution in [0.4, 0.5) is 5.13 Å². The van der Waals surface area contributed by atoms with E-state index in [-0.39, 0.29) is 5.11 Å². The van der Waals surface area contributed by atoms with Gasteiger partial charge in [0.25, 0.3) is 0 Å². The van der Waals surface area contributed by atoms with Gasteiger partial charge >= 0.3 is 0 Å². The first-order valence-electron chi connectivity index (χ1n) is 8.79. The lowest BCUT2D eigenvalue weighted by atomic mass is 10.2. The molecule has 0 saturated carbocycles. The molecule has 2 aromatic carbocycles. The van der Waals surface area contributed by atoms with Crippen molar-refractivity contribution in [1.29, 1.82) is 0 Å². The van der Waals surface area contributed by atoms with Gasteiger partial charge in [0, 0.05) is 16.7 Å². The van der Waals surface area contributed by atoms with Crippen molar-refractivity contribution >= 4 is 90.8 Å². The number of carbonyl (C=O) groups excluding carboxylic acids is 1. The maximum absolute atomic E-state index is 12.2. The van der Waals surface area contributed by atoms with Crippen LogP contribution in [0.3, 0.4) is 0 Å². The Morgan fingerprint density at radius 2 is 1.84 bits per heavy atom. The van der Waals surface area contributed by atoms with Crippen molar-refractivity contribution in [1.82, 2.24) is 10.3 Å². The van der Waals surface area contributed by atoms with Crippen LogP contribution in [0.1, 0.15) is 5.76 Å². The Balaban J connectivity index is 1.36. The Morgan fingerprint density at radius 3 is 2.61 bits per heavy atom. The summed E-state index contributed by atoms with van der Waals surface area (Å²) < 4.78 is 6.57. The molecule has 0 aliphatic carbocycles. The SMILES string of the molecule is O=C(C=Cc1ccc(-c2ccc(Cl)cc2)o1)NC(=S)Nc1nc2c(Cl)c(Cl)ccc2s1. The first-order valence-corrected chi connectivity index (χ1v) is 11.2. The van der Waals surface area contributed by atoms with Gasteiger partial charge in [0.1, 0.15) is 17.0 Å². The number of anilines is 1. The molecule has 2 N–H and O–H groups in total. The first-order chi connectivity index (χ1) is 14.9. The topological polar surface area (TPSA) is 67.2 Å². The highest BCUT2D eigenvalue weighted by atomic mass is 35.5. The second-order valence-electron chi connectivity index (χ2n) is 6.21. The van der Waals surface area contributed by atoms with Crippen LogP contribution in [-0.4, -0.2) is 16.0 Å². The number of carbonyl (C=O) groups is 1. The standard InChI is InChI=1S/C21H12Cl3N3O2S2/c22-12-3-1-11(2-4-12)15-8-5-13(29-15)6-10-17(28)25-20(30)27-21-26-19-16(31-21)9-7-14(23)18(19)24/h1-10H,(H2,25,26,27,28,30). The summed E-state index contributed by atoms with van der Waals surface area (Å²) in [6.45, 7) is 0. The number of benzene rings is 2. The number of rotatable bonds is 4. The Labute approximate surface area is 201 Å². The van der Waals surface area contributed by atoms with Gasteiger partial charge in [0.05, 0.1) is 14.7 Å². The molecule has 0 unspecified atom stereocenters. The van der Waals surface area contributed by atoms with E-state index >= 15 is 0 Å². The number of thiazole rings is 1. The predicted molar refractivity (Wildman–Crippen MR) is 132 cm³/mol. The number of hydrogen-bond acceptors (Lipinski definition) is 5. The fourth-order valence-corrected chi connectivity index (χ4v) is 4.32. The van der Waals surface area contributed by atoms with Gasteiger partial charge in [-0.2, -0.15) is 0 Å². The number of aromatic nitrogens is 1. The van der Waals surface area contributed by atoms with Gasteiger partial charge in [-0.15, -0.1) is 0 Å². The minimum Gasteiger partial charge on any atom is -0.457 e. The highest BCUT2D eigenvalue weighted by Gasteiger charge is 2.11. The molecule has 4 rings (SSSR count). The molecule has 31 heavy (non-hydrogen) atoms. The average Bonchev–Trinajstić information content (AvgIpc) is 3.37. The normalized spacial score (nSPS) is 11.2. The van der Waals surface area contributed by atoms with Crippen LogP contribution in [0.15, 0.2) is 59.0 Å². The Kier molecular flexibility index (Phi) is 6.60. The molecular weight excluding hydrogens is 497 g/mol. The fraction of sp³-hybridized carbons (Fsp3) is 0. The van der Waals surface area contributed by atoms with Crippen LogP contribution in [-0.2, 0) is 4.79 Å². The number of thiocarbonyl (C=S) groups is 1. The van der Waals surface area contributed by atoms with Crippen molar-refractivity contribution in [2.45, 2.75) is 0 Å². The van der Waals surface area contributed by atoms with E-state index in [1.165, 1.54) is 17.4 Å². The lowest BCUT2D eigenvalue weighted by Gasteiger charge is -2.04. The van der Waals surface area contributed by atoms with Crippen molar-refractivity contribution < 1.29 is 9.21 Å². The predicted octanol–water partition coefficient (Wildman–Crippen LogP) is 7.04. The molecule has 156 valence electrons. The summed E-state index contributed by atoms with van der Waals surface area (Å²) in [4.78, 5) is 16.5. The average molecular weight is 509 g/mol. The molecule has 0 radical (unpaired) electrons. The molecule has 10 heteroatoms. The minimum atomic E-state index is -0.413. The third kappa shape index (κ3) is 5.26. The van der Waals surface area contributed by atoms with Crippen LogP contribution < -0.4 is 10.6 Å². The van der Waals surface area contributed by atoms with E-state index in [1.54, 1.807) is 30.3 Å². The summed E-state index contributed by atoms with van der Waals surface area (Å²) in [5.41, 5.74) is 1.46. The zero-order valence-electron chi connectivity index (χ0n) is 15.5. The van der Waals surface area contributed by atoms with E-state index in [0.29, 0.717) is 37.2 Å². The monoisotopic (exact) mass is 507 g/mol. The Morgan fingerprint density at radius 1 is 1.06 bits per heavy atom. The zero-order chi connectivity index (χ0) is 22.0. The van der Waals surface area contributed by atoms with Crippen LogP contribution in [0.25, 0.3) is 27.6 Å². The zero-order valence-corrected chi connectivity index (χ0v) is 19.4. The summed E-state index contributed by atoms with van der Waals surface area (Å²) in [5.74, 6) is 0.782. The summed E-state index contributed by atoms with van der Waals surface area (Å²) in [7, 11) is 0. The number of furan rings is 1. The van der Waals surface area contributed by atoms with Gasteiger partial charge in [-0.3, -0.25) is 10.1 Å². The molecule has 4 aromatic rings. The van der Waals surface area contributed by atoms with E-state index in [1.807, 2.05) is 24.3 Å². The van der Waals surface area contributed by atoms with Crippen molar-refractivity contribution in [2.75, 3.05) is 5.32 Å². The number of amides is 1. The van der Waals surface area contributed by atoms with Gasteiger partial charge < -0.3 is 9.73 Å². The van der Waals surface area contributed by atoms with Gasteiger partial charge in [-0.25, -0.2) is 4.98 Å². The second-order valence-corrected chi connectivity index (χ2v) is 8.87. The summed E-state index contributed by atoms with van der Waals surface area (Å²) in [5, 5.41) is 7.48. The smallest absolute Gasteiger partial charge is 0.250 e. The number of nitrogens with one attached hydrogen (secondary N) is 2. The minimum absolute atomic E-state index is 0.109. The molecule has 0 bridgehead atoms. The first kappa shape index (κ1) is 21.8. The van der Waals surface area contributed by atoms with Gasteiger partial charge in [-0.1, -0.05) is 46.1 Å². The number of nitrogens with zero attached hydrogens (tertiary/aromatic N) is 1. The lowest BCUT2D eigenvalue weighted by Crippen LogP contribution is -2.32. The third-order valence-electron chi connectivity index (χ3n) is 4.06. The Hall–Kier alpha value is -2.42. The van der Waals surface area contributed by atoms with E-state index < -0.39 is 5.91 Å². The van der Waals surface area contributed by atoms with E-state index in [4.69, 9.17) is 51.4 Å². The highest BCUT2D eigenvalue weighted by molar-refractivity contribution is 7.80. The largest absolute Gasteiger partial charge is 0.457 e. The molecular formula is C21H12Cl3N3O2S2. The number of halogens is 3. The highest BCUT2D eigenvalue weighted by Crippen LogP contribution is 2.35. The van der Waals surface area contributed by atoms with Gasteiger partial charge in [-0.05, 0) is 66.8 Å². The van der Waals surface area contributed by atoms with Gasteiger partial charge in [0.15, 0.2) is 10.2 Å². The van der Waals surface area contributed by atoms with Crippen LogP contribution >= 0.6 is 58.4 Å². The molecule has 0 aliphatic rings. The second kappa shape index (κ2) is 9.38. The molecule has 0 aliphatic heterocycles. The maximum atomic E-state index is 12.2. The van der Waals surface area contributed by atoms with E-state index in [2.05, 4.69) is 15.6 Å². The molecule has 1 amide bonds. The molecule has 0 fully saturated rings. The fourth-order valence-electron chi connectivity index (χ4n) is 2.64. The molecule has 0 spiro atoms. The van der Waals surface area contributed by atoms with Gasteiger partial charge in [0.2, 0.25) is 5.91 Å². The summed E-state index contributed by atoms with van der Waals surface area (Å²) in [6, 6.07) is 14.4. The lowest BCUT2D eigenvalue weighted by molar-refractivity contribution is -0.115. The molecule has 2 heterocycles. The van der Waals surface area contributed by atoms with Crippen molar-refractivity contribution in [2.24, 2.45) is 0 Å². The van der Waals surface area contributed by atoms with E-state index in [0.717, 1.165) is 10.3 Å². The maximum Gasteiger partial charge on any atom is 0.250 e.